The first-order chi connectivity index (χ1) is 8.31. The van der Waals surface area contributed by atoms with Crippen LogP contribution in [-0.2, 0) is 0 Å². The van der Waals surface area contributed by atoms with Crippen molar-refractivity contribution >= 4 is 0 Å². The van der Waals surface area contributed by atoms with Gasteiger partial charge in [0.2, 0.25) is 0 Å². The molecule has 1 aliphatic carbocycles. The Balaban J connectivity index is 1.99. The maximum absolute atomic E-state index is 9.92. The Labute approximate surface area is 102 Å². The van der Waals surface area contributed by atoms with Gasteiger partial charge in [-0.2, -0.15) is 0 Å². The highest BCUT2D eigenvalue weighted by Gasteiger charge is 2.25. The molecule has 1 saturated carbocycles. The van der Waals surface area contributed by atoms with E-state index in [2.05, 4.69) is 5.32 Å². The summed E-state index contributed by atoms with van der Waals surface area (Å²) in [5.41, 5.74) is 1.08. The Morgan fingerprint density at radius 3 is 2.53 bits per heavy atom. The second-order valence-corrected chi connectivity index (χ2v) is 4.77. The van der Waals surface area contributed by atoms with Gasteiger partial charge in [0.1, 0.15) is 0 Å². The van der Waals surface area contributed by atoms with Crippen LogP contribution in [0.2, 0.25) is 0 Å². The topological polar surface area (TPSA) is 52.5 Å². The molecule has 1 aromatic carbocycles. The minimum absolute atomic E-state index is 0.0627. The van der Waals surface area contributed by atoms with E-state index in [1.165, 1.54) is 0 Å². The van der Waals surface area contributed by atoms with Gasteiger partial charge in [-0.15, -0.1) is 0 Å². The molecular weight excluding hydrogens is 214 g/mol. The minimum Gasteiger partial charge on any atom is -0.394 e. The number of benzene rings is 1. The minimum atomic E-state index is -0.276. The summed E-state index contributed by atoms with van der Waals surface area (Å²) in [6.45, 7) is 0.0627. The second kappa shape index (κ2) is 6.15. The Kier molecular flexibility index (Phi) is 4.54. The van der Waals surface area contributed by atoms with Crippen LogP contribution in [0.15, 0.2) is 30.3 Å². The molecule has 3 atom stereocenters. The van der Waals surface area contributed by atoms with Crippen molar-refractivity contribution in [2.75, 3.05) is 6.61 Å². The van der Waals surface area contributed by atoms with Crippen LogP contribution in [0.1, 0.15) is 37.3 Å². The highest BCUT2D eigenvalue weighted by molar-refractivity contribution is 5.19. The third-order valence-corrected chi connectivity index (χ3v) is 3.53. The molecule has 3 heteroatoms. The zero-order valence-electron chi connectivity index (χ0n) is 10.0. The average molecular weight is 235 g/mol. The fourth-order valence-corrected chi connectivity index (χ4v) is 2.50. The van der Waals surface area contributed by atoms with E-state index < -0.39 is 0 Å². The maximum atomic E-state index is 9.92. The van der Waals surface area contributed by atoms with Gasteiger partial charge in [0.25, 0.3) is 0 Å². The molecule has 0 heterocycles. The van der Waals surface area contributed by atoms with E-state index in [1.54, 1.807) is 0 Å². The summed E-state index contributed by atoms with van der Waals surface area (Å²) in [7, 11) is 0. The van der Waals surface area contributed by atoms with Gasteiger partial charge in [0.05, 0.1) is 18.8 Å². The van der Waals surface area contributed by atoms with E-state index in [4.69, 9.17) is 0 Å². The highest BCUT2D eigenvalue weighted by atomic mass is 16.3. The van der Waals surface area contributed by atoms with Crippen LogP contribution in [-0.4, -0.2) is 29.0 Å². The molecule has 0 saturated heterocycles. The number of aliphatic hydroxyl groups is 2. The van der Waals surface area contributed by atoms with E-state index in [9.17, 15) is 10.2 Å². The molecule has 2 rings (SSSR count). The van der Waals surface area contributed by atoms with Crippen molar-refractivity contribution in [1.29, 1.82) is 0 Å². The van der Waals surface area contributed by atoms with Crippen LogP contribution < -0.4 is 5.32 Å². The van der Waals surface area contributed by atoms with E-state index in [-0.39, 0.29) is 24.8 Å². The Bertz CT molecular complexity index is 328. The van der Waals surface area contributed by atoms with Crippen LogP contribution in [0, 0.1) is 0 Å². The third kappa shape index (κ3) is 3.28. The van der Waals surface area contributed by atoms with Crippen LogP contribution in [0.4, 0.5) is 0 Å². The molecule has 0 aromatic heterocycles. The molecule has 3 N–H and O–H groups in total. The second-order valence-electron chi connectivity index (χ2n) is 4.77. The number of nitrogens with one attached hydrogen (secondary N) is 1. The summed E-state index contributed by atoms with van der Waals surface area (Å²) in [6.07, 6.45) is 3.84. The van der Waals surface area contributed by atoms with Gasteiger partial charge < -0.3 is 15.5 Å². The summed E-state index contributed by atoms with van der Waals surface area (Å²) in [5.74, 6) is 0. The number of hydrogen-bond acceptors (Lipinski definition) is 3. The lowest BCUT2D eigenvalue weighted by Gasteiger charge is -2.32. The van der Waals surface area contributed by atoms with E-state index >= 15 is 0 Å². The van der Waals surface area contributed by atoms with Gasteiger partial charge in [-0.3, -0.25) is 0 Å². The van der Waals surface area contributed by atoms with Gasteiger partial charge in [-0.1, -0.05) is 43.2 Å². The molecule has 1 aliphatic rings. The number of aliphatic hydroxyl groups excluding tert-OH is 2. The zero-order valence-corrected chi connectivity index (χ0v) is 10.0. The quantitative estimate of drug-likeness (QED) is 0.743. The maximum Gasteiger partial charge on any atom is 0.0693 e. The molecule has 17 heavy (non-hydrogen) atoms. The lowest BCUT2D eigenvalue weighted by Crippen LogP contribution is -2.44. The smallest absolute Gasteiger partial charge is 0.0693 e. The van der Waals surface area contributed by atoms with Crippen molar-refractivity contribution in [3.63, 3.8) is 0 Å². The van der Waals surface area contributed by atoms with Crippen molar-refractivity contribution in [2.45, 2.75) is 43.9 Å². The lowest BCUT2D eigenvalue weighted by atomic mass is 9.91. The fraction of sp³-hybridized carbons (Fsp3) is 0.571. The SMILES string of the molecule is OCC(N[C@@H]1CCCC[C@H]1O)c1ccccc1. The molecule has 0 radical (unpaired) electrons. The fourth-order valence-electron chi connectivity index (χ4n) is 2.50. The molecular formula is C14H21NO2. The lowest BCUT2D eigenvalue weighted by molar-refractivity contribution is 0.0784. The predicted molar refractivity (Wildman–Crippen MR) is 67.7 cm³/mol. The molecule has 0 aliphatic heterocycles. The largest absolute Gasteiger partial charge is 0.394 e. The summed E-state index contributed by atoms with van der Waals surface area (Å²) in [4.78, 5) is 0. The molecule has 0 spiro atoms. The van der Waals surface area contributed by atoms with E-state index in [1.807, 2.05) is 30.3 Å². The molecule has 1 unspecified atom stereocenters. The van der Waals surface area contributed by atoms with Gasteiger partial charge in [-0.05, 0) is 18.4 Å². The monoisotopic (exact) mass is 235 g/mol. The summed E-state index contributed by atoms with van der Waals surface area (Å²) in [5, 5.41) is 22.7. The molecule has 1 aromatic rings. The molecule has 94 valence electrons. The summed E-state index contributed by atoms with van der Waals surface area (Å²) < 4.78 is 0. The molecule has 1 fully saturated rings. The number of rotatable bonds is 4. The van der Waals surface area contributed by atoms with Crippen molar-refractivity contribution in [2.24, 2.45) is 0 Å². The van der Waals surface area contributed by atoms with Crippen molar-refractivity contribution < 1.29 is 10.2 Å². The highest BCUT2D eigenvalue weighted by Crippen LogP contribution is 2.22. The van der Waals surface area contributed by atoms with Crippen LogP contribution in [0.5, 0.6) is 0 Å². The van der Waals surface area contributed by atoms with E-state index in [0.29, 0.717) is 0 Å². The van der Waals surface area contributed by atoms with Crippen molar-refractivity contribution in [3.05, 3.63) is 35.9 Å². The van der Waals surface area contributed by atoms with Gasteiger partial charge in [-0.25, -0.2) is 0 Å². The molecule has 0 amide bonds. The van der Waals surface area contributed by atoms with Gasteiger partial charge in [0.15, 0.2) is 0 Å². The molecule has 0 bridgehead atoms. The number of hydrogen-bond donors (Lipinski definition) is 3. The van der Waals surface area contributed by atoms with Crippen LogP contribution in [0.25, 0.3) is 0 Å². The summed E-state index contributed by atoms with van der Waals surface area (Å²) >= 11 is 0. The zero-order chi connectivity index (χ0) is 12.1. The first-order valence-corrected chi connectivity index (χ1v) is 6.41. The third-order valence-electron chi connectivity index (χ3n) is 3.53. The van der Waals surface area contributed by atoms with Crippen molar-refractivity contribution in [1.82, 2.24) is 5.32 Å². The Morgan fingerprint density at radius 2 is 1.88 bits per heavy atom. The van der Waals surface area contributed by atoms with Crippen molar-refractivity contribution in [3.8, 4) is 0 Å². The summed E-state index contributed by atoms with van der Waals surface area (Å²) in [6, 6.07) is 9.95. The normalized spacial score (nSPS) is 26.7. The van der Waals surface area contributed by atoms with Crippen LogP contribution >= 0.6 is 0 Å². The Morgan fingerprint density at radius 1 is 1.18 bits per heavy atom. The first kappa shape index (κ1) is 12.6. The molecule has 3 nitrogen and oxygen atoms in total. The van der Waals surface area contributed by atoms with Gasteiger partial charge in [0, 0.05) is 6.04 Å². The van der Waals surface area contributed by atoms with Gasteiger partial charge >= 0.3 is 0 Å². The average Bonchev–Trinajstić information content (AvgIpc) is 2.39. The first-order valence-electron chi connectivity index (χ1n) is 6.41. The van der Waals surface area contributed by atoms with E-state index in [0.717, 1.165) is 31.2 Å². The Hall–Kier alpha value is -0.900. The van der Waals surface area contributed by atoms with Crippen LogP contribution in [0.3, 0.4) is 0 Å². The standard InChI is InChI=1S/C14H21NO2/c16-10-13(11-6-2-1-3-7-11)15-12-8-4-5-9-14(12)17/h1-3,6-7,12-17H,4-5,8-10H2/t12-,13?,14-/m1/s1. The predicted octanol–water partition coefficient (Wildman–Crippen LogP) is 1.61.